The van der Waals surface area contributed by atoms with Gasteiger partial charge in [-0.3, -0.25) is 14.4 Å². The summed E-state index contributed by atoms with van der Waals surface area (Å²) >= 11 is 0. The number of piperidine rings is 2. The molecule has 8 heteroatoms. The molecule has 3 heterocycles. The van der Waals surface area contributed by atoms with E-state index in [1.807, 2.05) is 65.3 Å². The van der Waals surface area contributed by atoms with Crippen molar-refractivity contribution in [2.24, 2.45) is 5.41 Å². The molecule has 3 amide bonds. The normalized spacial score (nSPS) is 23.1. The number of hydrogen-bond acceptors (Lipinski definition) is 5. The molecule has 2 fully saturated rings. The average Bonchev–Trinajstić information content (AvgIpc) is 3.24. The molecule has 0 radical (unpaired) electrons. The molecule has 0 aliphatic carbocycles. The van der Waals surface area contributed by atoms with Gasteiger partial charge in [0, 0.05) is 24.2 Å². The third-order valence-corrected chi connectivity index (χ3v) is 8.51. The molecule has 8 nitrogen and oxygen atoms in total. The summed E-state index contributed by atoms with van der Waals surface area (Å²) in [4.78, 5) is 43.3. The average molecular weight is 519 g/mol. The van der Waals surface area contributed by atoms with Gasteiger partial charge < -0.3 is 25.2 Å². The fourth-order valence-electron chi connectivity index (χ4n) is 6.20. The van der Waals surface area contributed by atoms with Crippen molar-refractivity contribution in [1.82, 2.24) is 15.5 Å². The minimum Gasteiger partial charge on any atom is -0.374 e. The van der Waals surface area contributed by atoms with Crippen molar-refractivity contribution in [1.29, 1.82) is 0 Å². The van der Waals surface area contributed by atoms with E-state index in [2.05, 4.69) is 16.7 Å². The first kappa shape index (κ1) is 26.4. The summed E-state index contributed by atoms with van der Waals surface area (Å²) in [5.41, 5.74) is 2.08. The molecular weight excluding hydrogens is 480 g/mol. The van der Waals surface area contributed by atoms with E-state index in [1.165, 1.54) is 0 Å². The third-order valence-electron chi connectivity index (χ3n) is 8.51. The van der Waals surface area contributed by atoms with Crippen LogP contribution in [0.15, 0.2) is 54.6 Å². The first-order chi connectivity index (χ1) is 18.4. The predicted octanol–water partition coefficient (Wildman–Crippen LogP) is 2.66. The Bertz CT molecular complexity index is 1150. The highest BCUT2D eigenvalue weighted by molar-refractivity contribution is 5.91. The highest BCUT2D eigenvalue weighted by atomic mass is 16.5. The number of carbonyl (C=O) groups is 3. The maximum atomic E-state index is 14.0. The molecule has 38 heavy (non-hydrogen) atoms. The van der Waals surface area contributed by atoms with E-state index in [9.17, 15) is 14.4 Å². The minimum absolute atomic E-state index is 0.0922. The van der Waals surface area contributed by atoms with E-state index in [0.717, 1.165) is 68.4 Å². The second kappa shape index (κ2) is 11.3. The predicted molar refractivity (Wildman–Crippen MR) is 145 cm³/mol. The monoisotopic (exact) mass is 518 g/mol. The Kier molecular flexibility index (Phi) is 7.81. The fraction of sp³-hybridized carbons (Fsp3) is 0.500. The van der Waals surface area contributed by atoms with E-state index in [0.29, 0.717) is 19.7 Å². The maximum absolute atomic E-state index is 14.0. The Balaban J connectivity index is 1.32. The number of nitrogens with one attached hydrogen (secondary N) is 2. The summed E-state index contributed by atoms with van der Waals surface area (Å²) in [6.45, 7) is 5.02. The Hall–Kier alpha value is -3.23. The number of para-hydroxylation sites is 1. The third kappa shape index (κ3) is 5.33. The summed E-state index contributed by atoms with van der Waals surface area (Å²) in [5.74, 6) is -0.250. The summed E-state index contributed by atoms with van der Waals surface area (Å²) in [5, 5.41) is 6.37. The van der Waals surface area contributed by atoms with Crippen molar-refractivity contribution in [3.63, 3.8) is 0 Å². The number of amides is 3. The first-order valence-corrected chi connectivity index (χ1v) is 13.7. The molecule has 2 aromatic carbocycles. The largest absolute Gasteiger partial charge is 0.374 e. The molecule has 5 rings (SSSR count). The van der Waals surface area contributed by atoms with Crippen LogP contribution in [-0.4, -0.2) is 67.5 Å². The molecule has 1 spiro atoms. The number of benzene rings is 2. The minimum atomic E-state index is -0.790. The van der Waals surface area contributed by atoms with Gasteiger partial charge in [-0.2, -0.15) is 0 Å². The summed E-state index contributed by atoms with van der Waals surface area (Å²) in [7, 11) is 0. The zero-order valence-corrected chi connectivity index (χ0v) is 22.2. The topological polar surface area (TPSA) is 91.0 Å². The molecule has 1 unspecified atom stereocenters. The van der Waals surface area contributed by atoms with Crippen LogP contribution in [0.5, 0.6) is 0 Å². The number of fused-ring (bicyclic) bond motifs is 1. The standard InChI is InChI=1S/C30H38N4O4/c1-29(13-15-31-16-14-29)28(37)32-25(20-38-19-23-8-3-2-4-9-23)27(36)33-17-7-12-30(21-33)18-24-10-5-6-11-26(24)34(30)22-35/h2-6,8-11,22,25,31H,7,12-21H2,1H3,(H,32,37)/t25-,30?/m1/s1. The summed E-state index contributed by atoms with van der Waals surface area (Å²) < 4.78 is 5.98. The maximum Gasteiger partial charge on any atom is 0.247 e. The van der Waals surface area contributed by atoms with Crippen molar-refractivity contribution in [2.45, 2.75) is 57.2 Å². The van der Waals surface area contributed by atoms with Gasteiger partial charge in [-0.15, -0.1) is 0 Å². The summed E-state index contributed by atoms with van der Waals surface area (Å²) in [6, 6.07) is 17.0. The van der Waals surface area contributed by atoms with Crippen LogP contribution in [0.1, 0.15) is 43.7 Å². The van der Waals surface area contributed by atoms with Gasteiger partial charge in [0.05, 0.1) is 18.8 Å². The van der Waals surface area contributed by atoms with Gasteiger partial charge >= 0.3 is 0 Å². The Morgan fingerprint density at radius 3 is 2.58 bits per heavy atom. The molecular formula is C30H38N4O4. The van der Waals surface area contributed by atoms with Crippen LogP contribution >= 0.6 is 0 Å². The lowest BCUT2D eigenvalue weighted by atomic mass is 9.80. The van der Waals surface area contributed by atoms with Crippen molar-refractivity contribution < 1.29 is 19.1 Å². The lowest BCUT2D eigenvalue weighted by Crippen LogP contribution is -2.62. The summed E-state index contributed by atoms with van der Waals surface area (Å²) in [6.07, 6.45) is 4.70. The molecule has 202 valence electrons. The Morgan fingerprint density at radius 1 is 1.08 bits per heavy atom. The molecule has 2 saturated heterocycles. The second-order valence-electron chi connectivity index (χ2n) is 11.2. The van der Waals surface area contributed by atoms with Crippen LogP contribution < -0.4 is 15.5 Å². The van der Waals surface area contributed by atoms with Crippen LogP contribution in [0.3, 0.4) is 0 Å². The number of nitrogens with zero attached hydrogens (tertiary/aromatic N) is 2. The number of anilines is 1. The number of carbonyl (C=O) groups excluding carboxylic acids is 3. The van der Waals surface area contributed by atoms with Crippen LogP contribution in [-0.2, 0) is 32.1 Å². The van der Waals surface area contributed by atoms with Gasteiger partial charge in [-0.05, 0) is 62.4 Å². The van der Waals surface area contributed by atoms with Crippen molar-refractivity contribution in [2.75, 3.05) is 37.7 Å². The van der Waals surface area contributed by atoms with E-state index in [-0.39, 0.29) is 18.4 Å². The zero-order chi connectivity index (χ0) is 26.6. The smallest absolute Gasteiger partial charge is 0.247 e. The number of hydrogen-bond donors (Lipinski definition) is 2. The van der Waals surface area contributed by atoms with Crippen molar-refractivity contribution in [3.8, 4) is 0 Å². The number of likely N-dealkylation sites (tertiary alicyclic amines) is 1. The van der Waals surface area contributed by atoms with Crippen LogP contribution in [0.25, 0.3) is 0 Å². The molecule has 0 bridgehead atoms. The molecule has 2 N–H and O–H groups in total. The fourth-order valence-corrected chi connectivity index (χ4v) is 6.20. The quantitative estimate of drug-likeness (QED) is 0.525. The second-order valence-corrected chi connectivity index (χ2v) is 11.2. The van der Waals surface area contributed by atoms with Crippen LogP contribution in [0.4, 0.5) is 5.69 Å². The highest BCUT2D eigenvalue weighted by Gasteiger charge is 2.48. The van der Waals surface area contributed by atoms with Gasteiger partial charge in [0.25, 0.3) is 0 Å². The molecule has 2 aromatic rings. The first-order valence-electron chi connectivity index (χ1n) is 13.7. The molecule has 3 aliphatic heterocycles. The number of rotatable bonds is 8. The Labute approximate surface area is 224 Å². The lowest BCUT2D eigenvalue weighted by Gasteiger charge is -2.45. The van der Waals surface area contributed by atoms with E-state index < -0.39 is 17.0 Å². The van der Waals surface area contributed by atoms with Crippen molar-refractivity contribution >= 4 is 23.9 Å². The number of ether oxygens (including phenoxy) is 1. The zero-order valence-electron chi connectivity index (χ0n) is 22.2. The van der Waals surface area contributed by atoms with Gasteiger partial charge in [0.2, 0.25) is 18.2 Å². The SMILES string of the molecule is CC1(C(=O)N[C@H](COCc2ccccc2)C(=O)N2CCCC3(Cc4ccccc4N3C=O)C2)CCNCC1. The van der Waals surface area contributed by atoms with Crippen LogP contribution in [0, 0.1) is 5.41 Å². The van der Waals surface area contributed by atoms with Crippen molar-refractivity contribution in [3.05, 3.63) is 65.7 Å². The van der Waals surface area contributed by atoms with E-state index >= 15 is 0 Å². The van der Waals surface area contributed by atoms with Gasteiger partial charge in [0.15, 0.2) is 0 Å². The van der Waals surface area contributed by atoms with Gasteiger partial charge in [-0.1, -0.05) is 55.5 Å². The van der Waals surface area contributed by atoms with Gasteiger partial charge in [0.1, 0.15) is 6.04 Å². The van der Waals surface area contributed by atoms with E-state index in [1.54, 1.807) is 0 Å². The molecule has 3 aliphatic rings. The Morgan fingerprint density at radius 2 is 1.82 bits per heavy atom. The van der Waals surface area contributed by atoms with E-state index in [4.69, 9.17) is 4.74 Å². The lowest BCUT2D eigenvalue weighted by molar-refractivity contribution is -0.143. The molecule has 0 saturated carbocycles. The molecule has 0 aromatic heterocycles. The highest BCUT2D eigenvalue weighted by Crippen LogP contribution is 2.42. The molecule has 2 atom stereocenters. The van der Waals surface area contributed by atoms with Crippen LogP contribution in [0.2, 0.25) is 0 Å². The van der Waals surface area contributed by atoms with Gasteiger partial charge in [-0.25, -0.2) is 0 Å².